The molecule has 0 aromatic heterocycles. The number of amides is 3. The first kappa shape index (κ1) is 29.3. The van der Waals surface area contributed by atoms with Crippen molar-refractivity contribution in [3.05, 3.63) is 0 Å². The van der Waals surface area contributed by atoms with Gasteiger partial charge in [0, 0.05) is 30.0 Å². The second-order valence-electron chi connectivity index (χ2n) is 13.3. The normalized spacial score (nSPS) is 31.6. The molecule has 2 unspecified atom stereocenters. The van der Waals surface area contributed by atoms with Crippen LogP contribution in [0.1, 0.15) is 99.8 Å². The van der Waals surface area contributed by atoms with Crippen molar-refractivity contribution in [1.29, 1.82) is 0 Å². The summed E-state index contributed by atoms with van der Waals surface area (Å²) in [5.74, 6) is -1.02. The lowest BCUT2D eigenvalue weighted by atomic mass is 9.66. The highest BCUT2D eigenvalue weighted by Gasteiger charge is 2.77. The molecule has 7 nitrogen and oxygen atoms in total. The van der Waals surface area contributed by atoms with Gasteiger partial charge in [0.2, 0.25) is 17.7 Å². The molecule has 206 valence electrons. The number of nitrogens with one attached hydrogen (secondary N) is 2. The van der Waals surface area contributed by atoms with E-state index in [1.807, 2.05) is 11.8 Å². The van der Waals surface area contributed by atoms with E-state index in [1.165, 1.54) is 0 Å². The predicted molar refractivity (Wildman–Crippen MR) is 146 cm³/mol. The van der Waals surface area contributed by atoms with Gasteiger partial charge in [0.15, 0.2) is 0 Å². The van der Waals surface area contributed by atoms with Gasteiger partial charge in [-0.25, -0.2) is 0 Å². The van der Waals surface area contributed by atoms with Crippen molar-refractivity contribution in [1.82, 2.24) is 15.5 Å². The summed E-state index contributed by atoms with van der Waals surface area (Å²) >= 11 is 1.73. The molecule has 0 saturated carbocycles. The smallest absolute Gasteiger partial charge is 0.244 e. The maximum atomic E-state index is 14.1. The second-order valence-corrected chi connectivity index (χ2v) is 15.2. The van der Waals surface area contributed by atoms with Crippen LogP contribution in [-0.2, 0) is 14.4 Å². The van der Waals surface area contributed by atoms with Crippen LogP contribution in [0.2, 0.25) is 0 Å². The quantitative estimate of drug-likeness (QED) is 0.337. The summed E-state index contributed by atoms with van der Waals surface area (Å²) in [7, 11) is 0. The number of aliphatic hydroxyl groups is 1. The summed E-state index contributed by atoms with van der Waals surface area (Å²) in [5, 5.41) is 15.5. The average molecular weight is 524 g/mol. The van der Waals surface area contributed by atoms with E-state index >= 15 is 0 Å². The van der Waals surface area contributed by atoms with Gasteiger partial charge in [0.05, 0.1) is 16.6 Å². The summed E-state index contributed by atoms with van der Waals surface area (Å²) < 4.78 is -0.891. The van der Waals surface area contributed by atoms with E-state index in [0.29, 0.717) is 13.1 Å². The summed E-state index contributed by atoms with van der Waals surface area (Å²) in [4.78, 5) is 43.3. The molecular formula is C28H49N3O4S. The Labute approximate surface area is 222 Å². The molecule has 3 saturated heterocycles. The molecule has 0 aromatic carbocycles. The van der Waals surface area contributed by atoms with E-state index in [1.54, 1.807) is 11.8 Å². The van der Waals surface area contributed by atoms with Crippen molar-refractivity contribution in [2.24, 2.45) is 17.3 Å². The molecule has 3 N–H and O–H groups in total. The predicted octanol–water partition coefficient (Wildman–Crippen LogP) is 3.88. The van der Waals surface area contributed by atoms with Gasteiger partial charge in [-0.2, -0.15) is 0 Å². The van der Waals surface area contributed by atoms with Crippen LogP contribution in [0, 0.1) is 17.3 Å². The Morgan fingerprint density at radius 1 is 1.08 bits per heavy atom. The topological polar surface area (TPSA) is 98.7 Å². The molecule has 1 spiro atoms. The Kier molecular flexibility index (Phi) is 8.81. The largest absolute Gasteiger partial charge is 0.396 e. The van der Waals surface area contributed by atoms with E-state index in [-0.39, 0.29) is 34.5 Å². The summed E-state index contributed by atoms with van der Waals surface area (Å²) in [6.07, 6.45) is 6.62. The third-order valence-corrected chi connectivity index (χ3v) is 10.1. The van der Waals surface area contributed by atoms with Gasteiger partial charge in [0.25, 0.3) is 0 Å². The summed E-state index contributed by atoms with van der Waals surface area (Å²) in [5.41, 5.74) is -0.366. The fourth-order valence-electron chi connectivity index (χ4n) is 7.25. The summed E-state index contributed by atoms with van der Waals surface area (Å²) in [6, 6.07) is -0.567. The lowest BCUT2D eigenvalue weighted by Crippen LogP contribution is -2.58. The maximum Gasteiger partial charge on any atom is 0.244 e. The fraction of sp³-hybridized carbons (Fsp3) is 0.893. The van der Waals surface area contributed by atoms with E-state index in [4.69, 9.17) is 5.11 Å². The first-order chi connectivity index (χ1) is 16.7. The summed E-state index contributed by atoms with van der Waals surface area (Å²) in [6.45, 7) is 16.1. The number of carbonyl (C=O) groups is 3. The second kappa shape index (κ2) is 10.8. The van der Waals surface area contributed by atoms with Crippen LogP contribution >= 0.6 is 11.8 Å². The van der Waals surface area contributed by atoms with Gasteiger partial charge in [-0.15, -0.1) is 11.8 Å². The highest BCUT2D eigenvalue weighted by atomic mass is 32.2. The molecule has 3 rings (SSSR count). The number of hydrogen-bond donors (Lipinski definition) is 3. The lowest BCUT2D eigenvalue weighted by Gasteiger charge is -2.38. The maximum absolute atomic E-state index is 14.1. The number of thioether (sulfide) groups is 1. The minimum atomic E-state index is -0.567. The number of likely N-dealkylation sites (tertiary alicyclic amines) is 1. The van der Waals surface area contributed by atoms with Gasteiger partial charge in [0.1, 0.15) is 6.04 Å². The first-order valence-corrected chi connectivity index (χ1v) is 14.7. The Bertz CT molecular complexity index is 841. The number of fused-ring (bicyclic) bond motifs is 1. The van der Waals surface area contributed by atoms with Crippen molar-refractivity contribution >= 4 is 29.5 Å². The van der Waals surface area contributed by atoms with Crippen LogP contribution in [-0.4, -0.2) is 68.5 Å². The number of carbonyl (C=O) groups excluding carboxylic acids is 3. The molecule has 0 aromatic rings. The molecule has 3 aliphatic heterocycles. The van der Waals surface area contributed by atoms with Crippen molar-refractivity contribution < 1.29 is 19.5 Å². The monoisotopic (exact) mass is 523 g/mol. The van der Waals surface area contributed by atoms with Crippen molar-refractivity contribution in [3.8, 4) is 0 Å². The van der Waals surface area contributed by atoms with Crippen LogP contribution in [0.4, 0.5) is 0 Å². The number of hydrogen-bond acceptors (Lipinski definition) is 5. The standard InChI is InChI=1S/C28H49N3O4S/c1-8-15-29-22(33)19-20-24(35)31(16-11-9-10-12-17-32)21(28(20)14-13-27(19,7)36-28)23(34)30-26(5,6)18-25(2,3)4/h19-21,32H,8-18H2,1-7H3,(H,29,33)(H,30,34)/t19-,20+,21?,27+,28?/m1/s1. The highest BCUT2D eigenvalue weighted by molar-refractivity contribution is 8.02. The van der Waals surface area contributed by atoms with Crippen LogP contribution in [0.3, 0.4) is 0 Å². The van der Waals surface area contributed by atoms with Gasteiger partial charge in [-0.3, -0.25) is 14.4 Å². The van der Waals surface area contributed by atoms with Crippen LogP contribution < -0.4 is 10.6 Å². The molecular weight excluding hydrogens is 474 g/mol. The van der Waals surface area contributed by atoms with Crippen molar-refractivity contribution in [2.75, 3.05) is 19.7 Å². The zero-order valence-electron chi connectivity index (χ0n) is 23.5. The van der Waals surface area contributed by atoms with Gasteiger partial charge < -0.3 is 20.6 Å². The molecule has 0 aliphatic carbocycles. The third-order valence-electron chi connectivity index (χ3n) is 8.10. The molecule has 8 heteroatoms. The molecule has 3 amide bonds. The first-order valence-electron chi connectivity index (χ1n) is 13.9. The molecule has 3 aliphatic rings. The van der Waals surface area contributed by atoms with E-state index in [2.05, 4.69) is 52.2 Å². The molecule has 5 atom stereocenters. The molecule has 3 fully saturated rings. The SMILES string of the molecule is CCCNC(=O)[C@H]1[C@H]2C(=O)N(CCCCCCO)C(C(=O)NC(C)(C)CC(C)(C)C)C23CC[C@]1(C)S3. The molecule has 36 heavy (non-hydrogen) atoms. The average Bonchev–Trinajstić information content (AvgIpc) is 3.30. The van der Waals surface area contributed by atoms with Crippen LogP contribution in [0.15, 0.2) is 0 Å². The Balaban J connectivity index is 1.92. The van der Waals surface area contributed by atoms with Crippen LogP contribution in [0.5, 0.6) is 0 Å². The fourth-order valence-corrected chi connectivity index (χ4v) is 9.60. The van der Waals surface area contributed by atoms with Crippen molar-refractivity contribution in [2.45, 2.75) is 121 Å². The number of rotatable bonds is 12. The Morgan fingerprint density at radius 3 is 2.36 bits per heavy atom. The van der Waals surface area contributed by atoms with E-state index in [0.717, 1.165) is 51.4 Å². The zero-order valence-corrected chi connectivity index (χ0v) is 24.4. The minimum Gasteiger partial charge on any atom is -0.396 e. The van der Waals surface area contributed by atoms with Gasteiger partial charge >= 0.3 is 0 Å². The number of nitrogens with zero attached hydrogens (tertiary/aromatic N) is 1. The lowest BCUT2D eigenvalue weighted by molar-refractivity contribution is -0.141. The zero-order chi connectivity index (χ0) is 26.9. The van der Waals surface area contributed by atoms with E-state index < -0.39 is 28.2 Å². The van der Waals surface area contributed by atoms with Gasteiger partial charge in [-0.05, 0) is 64.7 Å². The molecule has 2 bridgehead atoms. The number of aliphatic hydroxyl groups excluding tert-OH is 1. The van der Waals surface area contributed by atoms with E-state index in [9.17, 15) is 14.4 Å². The highest BCUT2D eigenvalue weighted by Crippen LogP contribution is 2.71. The molecule has 3 heterocycles. The van der Waals surface area contributed by atoms with Crippen LogP contribution in [0.25, 0.3) is 0 Å². The van der Waals surface area contributed by atoms with Gasteiger partial charge in [-0.1, -0.05) is 40.5 Å². The Hall–Kier alpha value is -1.28. The minimum absolute atomic E-state index is 0.0292. The number of unbranched alkanes of at least 4 members (excludes halogenated alkanes) is 3. The molecule has 0 radical (unpaired) electrons. The Morgan fingerprint density at radius 2 is 1.75 bits per heavy atom. The van der Waals surface area contributed by atoms with Crippen molar-refractivity contribution in [3.63, 3.8) is 0 Å². The third kappa shape index (κ3) is 5.74.